The van der Waals surface area contributed by atoms with Gasteiger partial charge in [-0.3, -0.25) is 9.59 Å². The normalized spacial score (nSPS) is 10.1. The van der Waals surface area contributed by atoms with Crippen molar-refractivity contribution in [3.05, 3.63) is 24.3 Å². The fourth-order valence-corrected chi connectivity index (χ4v) is 1.27. The molecule has 2 N–H and O–H groups in total. The smallest absolute Gasteiger partial charge is 0.316 e. The van der Waals surface area contributed by atoms with E-state index in [1.807, 2.05) is 0 Å². The highest BCUT2D eigenvalue weighted by Crippen LogP contribution is 2.17. The van der Waals surface area contributed by atoms with Crippen molar-refractivity contribution < 1.29 is 14.7 Å². The number of nitrogens with one attached hydrogen (secondary N) is 1. The fourth-order valence-electron chi connectivity index (χ4n) is 1.27. The van der Waals surface area contributed by atoms with Gasteiger partial charge in [0.1, 0.15) is 5.75 Å². The van der Waals surface area contributed by atoms with Crippen LogP contribution in [-0.2, 0) is 9.59 Å². The van der Waals surface area contributed by atoms with Crippen molar-refractivity contribution in [3.63, 3.8) is 0 Å². The molecular formula is C12H16N2O3. The minimum absolute atomic E-state index is 0.0836. The number of anilines is 1. The van der Waals surface area contributed by atoms with Crippen LogP contribution in [0.25, 0.3) is 0 Å². The minimum atomic E-state index is -0.643. The SMILES string of the molecule is CC(C)NC(=O)C(=O)N(C)c1ccc(O)cc1. The number of aromatic hydroxyl groups is 1. The van der Waals surface area contributed by atoms with Crippen LogP contribution in [0.2, 0.25) is 0 Å². The first-order valence-electron chi connectivity index (χ1n) is 5.29. The number of amides is 2. The molecule has 0 saturated heterocycles. The van der Waals surface area contributed by atoms with Gasteiger partial charge in [0, 0.05) is 18.8 Å². The Morgan fingerprint density at radius 2 is 1.76 bits per heavy atom. The number of rotatable bonds is 2. The lowest BCUT2D eigenvalue weighted by atomic mass is 10.2. The Hall–Kier alpha value is -2.04. The molecule has 92 valence electrons. The summed E-state index contributed by atoms with van der Waals surface area (Å²) in [7, 11) is 1.51. The van der Waals surface area contributed by atoms with Crippen molar-refractivity contribution in [2.24, 2.45) is 0 Å². The van der Waals surface area contributed by atoms with Crippen LogP contribution in [0.1, 0.15) is 13.8 Å². The molecule has 0 aliphatic heterocycles. The Morgan fingerprint density at radius 1 is 1.24 bits per heavy atom. The summed E-state index contributed by atoms with van der Waals surface area (Å²) in [5.41, 5.74) is 0.548. The molecule has 0 spiro atoms. The third-order valence-electron chi connectivity index (χ3n) is 2.16. The molecule has 0 aliphatic carbocycles. The number of benzene rings is 1. The molecular weight excluding hydrogens is 220 g/mol. The van der Waals surface area contributed by atoms with Crippen LogP contribution in [0.4, 0.5) is 5.69 Å². The van der Waals surface area contributed by atoms with Gasteiger partial charge >= 0.3 is 11.8 Å². The largest absolute Gasteiger partial charge is 0.508 e. The quantitative estimate of drug-likeness (QED) is 0.749. The van der Waals surface area contributed by atoms with Crippen LogP contribution in [0.3, 0.4) is 0 Å². The highest BCUT2D eigenvalue weighted by Gasteiger charge is 2.20. The van der Waals surface area contributed by atoms with Gasteiger partial charge in [-0.25, -0.2) is 0 Å². The minimum Gasteiger partial charge on any atom is -0.508 e. The van der Waals surface area contributed by atoms with Crippen molar-refractivity contribution >= 4 is 17.5 Å². The zero-order chi connectivity index (χ0) is 13.0. The molecule has 17 heavy (non-hydrogen) atoms. The van der Waals surface area contributed by atoms with Gasteiger partial charge in [0.25, 0.3) is 0 Å². The summed E-state index contributed by atoms with van der Waals surface area (Å²) >= 11 is 0. The molecule has 0 bridgehead atoms. The Kier molecular flexibility index (Phi) is 4.09. The Morgan fingerprint density at radius 3 is 2.24 bits per heavy atom. The molecule has 0 aliphatic rings. The predicted octanol–water partition coefficient (Wildman–Crippen LogP) is 0.880. The van der Waals surface area contributed by atoms with Crippen molar-refractivity contribution in [3.8, 4) is 5.75 Å². The summed E-state index contributed by atoms with van der Waals surface area (Å²) < 4.78 is 0. The first-order valence-corrected chi connectivity index (χ1v) is 5.29. The van der Waals surface area contributed by atoms with Gasteiger partial charge in [-0.2, -0.15) is 0 Å². The first-order chi connectivity index (χ1) is 7.91. The van der Waals surface area contributed by atoms with E-state index in [0.29, 0.717) is 5.69 Å². The van der Waals surface area contributed by atoms with Crippen molar-refractivity contribution in [1.82, 2.24) is 5.32 Å². The van der Waals surface area contributed by atoms with E-state index in [4.69, 9.17) is 5.11 Å². The van der Waals surface area contributed by atoms with E-state index in [9.17, 15) is 9.59 Å². The molecule has 0 saturated carbocycles. The molecule has 2 amide bonds. The van der Waals surface area contributed by atoms with Crippen LogP contribution in [0.5, 0.6) is 5.75 Å². The van der Waals surface area contributed by atoms with E-state index in [2.05, 4.69) is 5.32 Å². The number of carbonyl (C=O) groups excluding carboxylic acids is 2. The molecule has 0 aromatic heterocycles. The average molecular weight is 236 g/mol. The monoisotopic (exact) mass is 236 g/mol. The van der Waals surface area contributed by atoms with Gasteiger partial charge in [-0.05, 0) is 38.1 Å². The summed E-state index contributed by atoms with van der Waals surface area (Å²) in [4.78, 5) is 24.4. The first kappa shape index (κ1) is 13.0. The second kappa shape index (κ2) is 5.34. The lowest BCUT2D eigenvalue weighted by Gasteiger charge is -2.17. The van der Waals surface area contributed by atoms with Crippen molar-refractivity contribution in [2.45, 2.75) is 19.9 Å². The zero-order valence-corrected chi connectivity index (χ0v) is 10.1. The summed E-state index contributed by atoms with van der Waals surface area (Å²) in [5.74, 6) is -1.17. The maximum atomic E-state index is 11.7. The molecule has 1 rings (SSSR count). The fraction of sp³-hybridized carbons (Fsp3) is 0.333. The molecule has 5 nitrogen and oxygen atoms in total. The lowest BCUT2D eigenvalue weighted by molar-refractivity contribution is -0.137. The number of nitrogens with zero attached hydrogens (tertiary/aromatic N) is 1. The number of carbonyl (C=O) groups is 2. The highest BCUT2D eigenvalue weighted by molar-refractivity contribution is 6.40. The third-order valence-corrected chi connectivity index (χ3v) is 2.16. The third kappa shape index (κ3) is 3.48. The second-order valence-electron chi connectivity index (χ2n) is 4.01. The van der Waals surface area contributed by atoms with Gasteiger partial charge in [0.15, 0.2) is 0 Å². The molecule has 1 aromatic carbocycles. The van der Waals surface area contributed by atoms with Gasteiger partial charge in [0.05, 0.1) is 0 Å². The van der Waals surface area contributed by atoms with Gasteiger partial charge in [0.2, 0.25) is 0 Å². The average Bonchev–Trinajstić information content (AvgIpc) is 2.27. The Balaban J connectivity index is 2.76. The Bertz CT molecular complexity index is 412. The molecule has 5 heteroatoms. The number of phenolic OH excluding ortho intramolecular Hbond substituents is 1. The topological polar surface area (TPSA) is 69.6 Å². The maximum Gasteiger partial charge on any atom is 0.316 e. The second-order valence-corrected chi connectivity index (χ2v) is 4.01. The van der Waals surface area contributed by atoms with E-state index in [1.165, 1.54) is 24.1 Å². The van der Waals surface area contributed by atoms with Crippen LogP contribution in [0.15, 0.2) is 24.3 Å². The molecule has 0 heterocycles. The van der Waals surface area contributed by atoms with Crippen LogP contribution < -0.4 is 10.2 Å². The Labute approximate surface area is 100 Å². The summed E-state index contributed by atoms with van der Waals surface area (Å²) in [6.07, 6.45) is 0. The number of phenols is 1. The summed E-state index contributed by atoms with van der Waals surface area (Å²) in [6.45, 7) is 3.57. The van der Waals surface area contributed by atoms with E-state index in [0.717, 1.165) is 0 Å². The number of hydrogen-bond acceptors (Lipinski definition) is 3. The molecule has 0 atom stereocenters. The van der Waals surface area contributed by atoms with Crippen LogP contribution >= 0.6 is 0 Å². The van der Waals surface area contributed by atoms with E-state index in [1.54, 1.807) is 26.0 Å². The molecule has 0 fully saturated rings. The van der Waals surface area contributed by atoms with Crippen LogP contribution in [-0.4, -0.2) is 30.0 Å². The predicted molar refractivity (Wildman–Crippen MR) is 64.8 cm³/mol. The number of likely N-dealkylation sites (N-methyl/N-ethyl adjacent to an activating group) is 1. The van der Waals surface area contributed by atoms with Gasteiger partial charge in [-0.1, -0.05) is 0 Å². The van der Waals surface area contributed by atoms with Crippen LogP contribution in [0, 0.1) is 0 Å². The lowest BCUT2D eigenvalue weighted by Crippen LogP contribution is -2.43. The van der Waals surface area contributed by atoms with E-state index < -0.39 is 11.8 Å². The molecule has 0 unspecified atom stereocenters. The zero-order valence-electron chi connectivity index (χ0n) is 10.1. The highest BCUT2D eigenvalue weighted by atomic mass is 16.3. The molecule has 0 radical (unpaired) electrons. The van der Waals surface area contributed by atoms with E-state index in [-0.39, 0.29) is 11.8 Å². The van der Waals surface area contributed by atoms with Crippen molar-refractivity contribution in [1.29, 1.82) is 0 Å². The van der Waals surface area contributed by atoms with Gasteiger partial charge in [-0.15, -0.1) is 0 Å². The van der Waals surface area contributed by atoms with E-state index >= 15 is 0 Å². The standard InChI is InChI=1S/C12H16N2O3/c1-8(2)13-11(16)12(17)14(3)9-4-6-10(15)7-5-9/h4-8,15H,1-3H3,(H,13,16). The molecule has 1 aromatic rings. The van der Waals surface area contributed by atoms with Gasteiger partial charge < -0.3 is 15.3 Å². The van der Waals surface area contributed by atoms with Crippen molar-refractivity contribution in [2.75, 3.05) is 11.9 Å². The maximum absolute atomic E-state index is 11.7. The summed E-state index contributed by atoms with van der Waals surface area (Å²) in [5, 5.41) is 11.6. The summed E-state index contributed by atoms with van der Waals surface area (Å²) in [6, 6.07) is 5.96. The number of hydrogen-bond donors (Lipinski definition) is 2.